The molecule has 0 aliphatic carbocycles. The van der Waals surface area contributed by atoms with E-state index in [4.69, 9.17) is 26.8 Å². The van der Waals surface area contributed by atoms with Crippen molar-refractivity contribution < 1.29 is 17.9 Å². The molecule has 0 heterocycles. The highest BCUT2D eigenvalue weighted by Crippen LogP contribution is 2.36. The summed E-state index contributed by atoms with van der Waals surface area (Å²) in [5.74, 6) is 0.624. The van der Waals surface area contributed by atoms with Gasteiger partial charge in [0.1, 0.15) is 11.5 Å². The van der Waals surface area contributed by atoms with E-state index in [1.807, 2.05) is 0 Å². The van der Waals surface area contributed by atoms with Gasteiger partial charge in [-0.3, -0.25) is 4.72 Å². The number of nitrogens with two attached hydrogens (primary N) is 1. The van der Waals surface area contributed by atoms with Crippen LogP contribution in [0.1, 0.15) is 6.42 Å². The molecule has 0 amide bonds. The third kappa shape index (κ3) is 4.45. The van der Waals surface area contributed by atoms with Crippen LogP contribution < -0.4 is 19.9 Å². The predicted octanol–water partition coefficient (Wildman–Crippen LogP) is 1.45. The van der Waals surface area contributed by atoms with Crippen LogP contribution in [0.25, 0.3) is 0 Å². The molecule has 0 aliphatic heterocycles. The second-order valence-electron chi connectivity index (χ2n) is 3.75. The number of benzene rings is 1. The van der Waals surface area contributed by atoms with Crippen LogP contribution in [0.3, 0.4) is 0 Å². The highest BCUT2D eigenvalue weighted by atomic mass is 35.5. The van der Waals surface area contributed by atoms with Crippen molar-refractivity contribution >= 4 is 27.3 Å². The number of anilines is 1. The molecule has 0 fully saturated rings. The van der Waals surface area contributed by atoms with Crippen LogP contribution in [-0.4, -0.2) is 34.9 Å². The molecule has 0 spiro atoms. The summed E-state index contributed by atoms with van der Waals surface area (Å²) < 4.78 is 36.2. The van der Waals surface area contributed by atoms with Crippen molar-refractivity contribution in [1.29, 1.82) is 0 Å². The zero-order valence-electron chi connectivity index (χ0n) is 10.8. The minimum absolute atomic E-state index is 0.0579. The smallest absolute Gasteiger partial charge is 0.232 e. The SMILES string of the molecule is COc1cc(NS(=O)(=O)CCCN)c(OC)cc1Cl. The fraction of sp³-hybridized carbons (Fsp3) is 0.455. The third-order valence-electron chi connectivity index (χ3n) is 2.36. The van der Waals surface area contributed by atoms with Crippen LogP contribution in [0.15, 0.2) is 12.1 Å². The molecule has 0 saturated carbocycles. The van der Waals surface area contributed by atoms with E-state index in [2.05, 4.69) is 4.72 Å². The Hall–Kier alpha value is -1.18. The van der Waals surface area contributed by atoms with Gasteiger partial charge in [0.15, 0.2) is 0 Å². The standard InChI is InChI=1S/C11H17ClN2O4S/c1-17-10-7-9(11(18-2)6-8(10)12)14-19(15,16)5-3-4-13/h6-7,14H,3-5,13H2,1-2H3. The quantitative estimate of drug-likeness (QED) is 0.795. The Balaban J connectivity index is 3.05. The molecular formula is C11H17ClN2O4S. The largest absolute Gasteiger partial charge is 0.495 e. The Bertz CT molecular complexity index is 534. The van der Waals surface area contributed by atoms with Gasteiger partial charge in [-0.2, -0.15) is 0 Å². The van der Waals surface area contributed by atoms with E-state index >= 15 is 0 Å². The average molecular weight is 309 g/mol. The Morgan fingerprint density at radius 2 is 1.89 bits per heavy atom. The van der Waals surface area contributed by atoms with Gasteiger partial charge >= 0.3 is 0 Å². The van der Waals surface area contributed by atoms with Crippen LogP contribution in [-0.2, 0) is 10.0 Å². The number of hydrogen-bond acceptors (Lipinski definition) is 5. The first-order valence-corrected chi connectivity index (χ1v) is 7.58. The molecule has 108 valence electrons. The van der Waals surface area contributed by atoms with Crippen molar-refractivity contribution in [2.45, 2.75) is 6.42 Å². The van der Waals surface area contributed by atoms with Gasteiger partial charge in [0, 0.05) is 12.1 Å². The van der Waals surface area contributed by atoms with Gasteiger partial charge in [0.25, 0.3) is 0 Å². The molecule has 0 bridgehead atoms. The van der Waals surface area contributed by atoms with Gasteiger partial charge < -0.3 is 15.2 Å². The molecule has 0 unspecified atom stereocenters. The molecule has 19 heavy (non-hydrogen) atoms. The second kappa shape index (κ2) is 6.83. The van der Waals surface area contributed by atoms with Crippen molar-refractivity contribution in [3.05, 3.63) is 17.2 Å². The summed E-state index contributed by atoms with van der Waals surface area (Å²) in [7, 11) is -0.605. The normalized spacial score (nSPS) is 11.2. The summed E-state index contributed by atoms with van der Waals surface area (Å²) in [5.41, 5.74) is 5.57. The zero-order valence-corrected chi connectivity index (χ0v) is 12.3. The van der Waals surface area contributed by atoms with E-state index in [9.17, 15) is 8.42 Å². The summed E-state index contributed by atoms with van der Waals surface area (Å²) in [5, 5.41) is 0.337. The summed E-state index contributed by atoms with van der Waals surface area (Å²) >= 11 is 5.94. The zero-order chi connectivity index (χ0) is 14.5. The van der Waals surface area contributed by atoms with Gasteiger partial charge in [0.05, 0.1) is 30.7 Å². The molecule has 3 N–H and O–H groups in total. The molecule has 0 aromatic heterocycles. The highest BCUT2D eigenvalue weighted by Gasteiger charge is 2.16. The number of halogens is 1. The molecule has 1 aromatic carbocycles. The average Bonchev–Trinajstić information content (AvgIpc) is 2.37. The van der Waals surface area contributed by atoms with Gasteiger partial charge in [-0.25, -0.2) is 8.42 Å². The Morgan fingerprint density at radius 1 is 1.26 bits per heavy atom. The van der Waals surface area contributed by atoms with Crippen molar-refractivity contribution in [3.8, 4) is 11.5 Å². The third-order valence-corrected chi connectivity index (χ3v) is 4.01. The molecule has 0 saturated heterocycles. The van der Waals surface area contributed by atoms with Crippen molar-refractivity contribution in [2.75, 3.05) is 31.2 Å². The molecule has 0 aliphatic rings. The molecule has 8 heteroatoms. The highest BCUT2D eigenvalue weighted by molar-refractivity contribution is 7.92. The van der Waals surface area contributed by atoms with Gasteiger partial charge in [-0.15, -0.1) is 0 Å². The fourth-order valence-electron chi connectivity index (χ4n) is 1.43. The summed E-state index contributed by atoms with van der Waals surface area (Å²) in [6.45, 7) is 0.308. The number of ether oxygens (including phenoxy) is 2. The summed E-state index contributed by atoms with van der Waals surface area (Å²) in [6.07, 6.45) is 0.377. The monoisotopic (exact) mass is 308 g/mol. The topological polar surface area (TPSA) is 90.7 Å². The maximum Gasteiger partial charge on any atom is 0.232 e. The van der Waals surface area contributed by atoms with E-state index in [1.165, 1.54) is 26.4 Å². The minimum Gasteiger partial charge on any atom is -0.495 e. The van der Waals surface area contributed by atoms with E-state index in [0.717, 1.165) is 0 Å². The molecule has 6 nitrogen and oxygen atoms in total. The number of methoxy groups -OCH3 is 2. The van der Waals surface area contributed by atoms with Crippen molar-refractivity contribution in [1.82, 2.24) is 0 Å². The number of sulfonamides is 1. The maximum absolute atomic E-state index is 11.8. The number of rotatable bonds is 7. The molecule has 0 atom stereocenters. The van der Waals surface area contributed by atoms with Crippen LogP contribution >= 0.6 is 11.6 Å². The molecule has 1 aromatic rings. The van der Waals surface area contributed by atoms with Crippen LogP contribution in [0, 0.1) is 0 Å². The lowest BCUT2D eigenvalue weighted by atomic mass is 10.3. The Kier molecular flexibility index (Phi) is 5.71. The van der Waals surface area contributed by atoms with Gasteiger partial charge in [-0.05, 0) is 13.0 Å². The lowest BCUT2D eigenvalue weighted by Crippen LogP contribution is -2.19. The van der Waals surface area contributed by atoms with Crippen molar-refractivity contribution in [3.63, 3.8) is 0 Å². The van der Waals surface area contributed by atoms with Crippen LogP contribution in [0.5, 0.6) is 11.5 Å². The maximum atomic E-state index is 11.8. The van der Waals surface area contributed by atoms with Gasteiger partial charge in [-0.1, -0.05) is 11.6 Å². The van der Waals surface area contributed by atoms with Gasteiger partial charge in [0.2, 0.25) is 10.0 Å². The Morgan fingerprint density at radius 3 is 2.42 bits per heavy atom. The van der Waals surface area contributed by atoms with Crippen LogP contribution in [0.2, 0.25) is 5.02 Å². The van der Waals surface area contributed by atoms with E-state index < -0.39 is 10.0 Å². The predicted molar refractivity (Wildman–Crippen MR) is 75.6 cm³/mol. The lowest BCUT2D eigenvalue weighted by Gasteiger charge is -2.14. The first-order chi connectivity index (χ1) is 8.93. The second-order valence-corrected chi connectivity index (χ2v) is 6.00. The van der Waals surface area contributed by atoms with E-state index in [-0.39, 0.29) is 11.4 Å². The Labute approximate surface area is 117 Å². The molecule has 0 radical (unpaired) electrons. The fourth-order valence-corrected chi connectivity index (χ4v) is 2.81. The first kappa shape index (κ1) is 15.9. The molecule has 1 rings (SSSR count). The van der Waals surface area contributed by atoms with Crippen molar-refractivity contribution in [2.24, 2.45) is 5.73 Å². The number of hydrogen-bond donors (Lipinski definition) is 2. The molecular weight excluding hydrogens is 292 g/mol. The van der Waals surface area contributed by atoms with E-state index in [0.29, 0.717) is 29.5 Å². The summed E-state index contributed by atoms with van der Waals surface area (Å²) in [6, 6.07) is 2.96. The summed E-state index contributed by atoms with van der Waals surface area (Å²) in [4.78, 5) is 0. The van der Waals surface area contributed by atoms with E-state index in [1.54, 1.807) is 0 Å². The minimum atomic E-state index is -3.48. The van der Waals surface area contributed by atoms with Crippen LogP contribution in [0.4, 0.5) is 5.69 Å². The number of nitrogens with one attached hydrogen (secondary N) is 1. The first-order valence-electron chi connectivity index (χ1n) is 5.55. The lowest BCUT2D eigenvalue weighted by molar-refractivity contribution is 0.405.